The molecule has 4 heteroatoms. The van der Waals surface area contributed by atoms with Crippen molar-refractivity contribution in [3.8, 4) is 5.75 Å². The van der Waals surface area contributed by atoms with Crippen LogP contribution >= 0.6 is 12.2 Å². The maximum Gasteiger partial charge on any atom is 0.119 e. The van der Waals surface area contributed by atoms with E-state index in [0.29, 0.717) is 0 Å². The zero-order valence-electron chi connectivity index (χ0n) is 12.9. The largest absolute Gasteiger partial charge is 0.494 e. The van der Waals surface area contributed by atoms with Gasteiger partial charge >= 0.3 is 0 Å². The Kier molecular flexibility index (Phi) is 6.96. The monoisotopic (exact) mass is 306 g/mol. The standard InChI is InChI=1S/C17H26N2OS/c1-2-3-14-20-16-8-6-15(7-9-16)17(21)18-10-13-19-11-4-5-12-19/h6-9H,2-5,10-14H2,1H3,(H,18,21). The summed E-state index contributed by atoms with van der Waals surface area (Å²) in [6, 6.07) is 8.07. The summed E-state index contributed by atoms with van der Waals surface area (Å²) in [7, 11) is 0. The van der Waals surface area contributed by atoms with Crippen LogP contribution in [0.2, 0.25) is 0 Å². The summed E-state index contributed by atoms with van der Waals surface area (Å²) in [5.41, 5.74) is 1.06. The van der Waals surface area contributed by atoms with E-state index in [0.717, 1.165) is 48.8 Å². The minimum absolute atomic E-state index is 0.786. The number of hydrogen-bond donors (Lipinski definition) is 1. The Balaban J connectivity index is 1.71. The molecule has 0 amide bonds. The van der Waals surface area contributed by atoms with Gasteiger partial charge in [-0.25, -0.2) is 0 Å². The van der Waals surface area contributed by atoms with Gasteiger partial charge < -0.3 is 15.0 Å². The molecule has 0 radical (unpaired) electrons. The molecule has 1 aromatic rings. The Morgan fingerprint density at radius 3 is 2.62 bits per heavy atom. The molecule has 0 bridgehead atoms. The van der Waals surface area contributed by atoms with Crippen molar-refractivity contribution in [2.75, 3.05) is 32.8 Å². The van der Waals surface area contributed by atoms with Gasteiger partial charge in [0.05, 0.1) is 6.61 Å². The molecule has 0 spiro atoms. The van der Waals surface area contributed by atoms with E-state index >= 15 is 0 Å². The molecule has 1 heterocycles. The van der Waals surface area contributed by atoms with Crippen LogP contribution in [0.3, 0.4) is 0 Å². The van der Waals surface area contributed by atoms with E-state index in [4.69, 9.17) is 17.0 Å². The van der Waals surface area contributed by atoms with Crippen molar-refractivity contribution >= 4 is 17.2 Å². The third kappa shape index (κ3) is 5.64. The summed E-state index contributed by atoms with van der Waals surface area (Å²) >= 11 is 5.44. The van der Waals surface area contributed by atoms with E-state index in [9.17, 15) is 0 Å². The van der Waals surface area contributed by atoms with E-state index in [1.54, 1.807) is 0 Å². The maximum absolute atomic E-state index is 5.66. The molecule has 1 saturated heterocycles. The summed E-state index contributed by atoms with van der Waals surface area (Å²) in [4.78, 5) is 3.31. The van der Waals surface area contributed by atoms with E-state index in [2.05, 4.69) is 17.1 Å². The van der Waals surface area contributed by atoms with Crippen LogP contribution in [0.5, 0.6) is 5.75 Å². The normalized spacial score (nSPS) is 15.1. The molecule has 1 fully saturated rings. The van der Waals surface area contributed by atoms with E-state index < -0.39 is 0 Å². The molecule has 0 aliphatic carbocycles. The first-order chi connectivity index (χ1) is 10.3. The lowest BCUT2D eigenvalue weighted by Crippen LogP contribution is -2.32. The molecule has 0 unspecified atom stereocenters. The van der Waals surface area contributed by atoms with Gasteiger partial charge in [-0.05, 0) is 56.6 Å². The molecule has 1 aliphatic heterocycles. The molecule has 116 valence electrons. The third-order valence-corrected chi connectivity index (χ3v) is 4.18. The Morgan fingerprint density at radius 2 is 1.95 bits per heavy atom. The number of likely N-dealkylation sites (tertiary alicyclic amines) is 1. The zero-order chi connectivity index (χ0) is 14.9. The second-order valence-corrected chi connectivity index (χ2v) is 5.94. The molecule has 2 rings (SSSR count). The summed E-state index contributed by atoms with van der Waals surface area (Å²) in [5.74, 6) is 0.923. The lowest BCUT2D eigenvalue weighted by atomic mass is 10.2. The molecule has 0 aromatic heterocycles. The van der Waals surface area contributed by atoms with Crippen LogP contribution in [-0.4, -0.2) is 42.7 Å². The Hall–Kier alpha value is -1.13. The van der Waals surface area contributed by atoms with Crippen LogP contribution in [0.25, 0.3) is 0 Å². The Bertz CT molecular complexity index is 427. The molecule has 3 nitrogen and oxygen atoms in total. The molecular weight excluding hydrogens is 280 g/mol. The predicted octanol–water partition coefficient (Wildman–Crippen LogP) is 3.23. The lowest BCUT2D eigenvalue weighted by Gasteiger charge is -2.15. The van der Waals surface area contributed by atoms with Gasteiger partial charge in [0, 0.05) is 18.7 Å². The van der Waals surface area contributed by atoms with E-state index in [1.807, 2.05) is 24.3 Å². The van der Waals surface area contributed by atoms with Gasteiger partial charge in [0.15, 0.2) is 0 Å². The average Bonchev–Trinajstić information content (AvgIpc) is 3.01. The van der Waals surface area contributed by atoms with Crippen molar-refractivity contribution in [2.45, 2.75) is 32.6 Å². The summed E-state index contributed by atoms with van der Waals surface area (Å²) in [5, 5.41) is 3.35. The molecule has 0 saturated carbocycles. The van der Waals surface area contributed by atoms with Crippen molar-refractivity contribution in [1.29, 1.82) is 0 Å². The number of hydrogen-bond acceptors (Lipinski definition) is 3. The second kappa shape index (κ2) is 9.00. The molecular formula is C17H26N2OS. The molecule has 1 aliphatic rings. The Morgan fingerprint density at radius 1 is 1.24 bits per heavy atom. The van der Waals surface area contributed by atoms with Crippen LogP contribution in [0.15, 0.2) is 24.3 Å². The molecule has 1 N–H and O–H groups in total. The van der Waals surface area contributed by atoms with Crippen molar-refractivity contribution < 1.29 is 4.74 Å². The second-order valence-electron chi connectivity index (χ2n) is 5.53. The Labute approximate surface area is 133 Å². The van der Waals surface area contributed by atoms with Crippen LogP contribution in [0.1, 0.15) is 38.2 Å². The fourth-order valence-electron chi connectivity index (χ4n) is 2.47. The fourth-order valence-corrected chi connectivity index (χ4v) is 2.71. The minimum Gasteiger partial charge on any atom is -0.494 e. The summed E-state index contributed by atoms with van der Waals surface area (Å²) < 4.78 is 5.66. The van der Waals surface area contributed by atoms with Gasteiger partial charge in [0.2, 0.25) is 0 Å². The number of nitrogens with zero attached hydrogens (tertiary/aromatic N) is 1. The predicted molar refractivity (Wildman–Crippen MR) is 92.2 cm³/mol. The fraction of sp³-hybridized carbons (Fsp3) is 0.588. The van der Waals surface area contributed by atoms with Crippen molar-refractivity contribution in [3.63, 3.8) is 0 Å². The first kappa shape index (κ1) is 16.2. The topological polar surface area (TPSA) is 24.5 Å². The van der Waals surface area contributed by atoms with Crippen LogP contribution in [0, 0.1) is 0 Å². The van der Waals surface area contributed by atoms with Gasteiger partial charge in [-0.1, -0.05) is 25.6 Å². The van der Waals surface area contributed by atoms with Gasteiger partial charge in [0.1, 0.15) is 10.7 Å². The van der Waals surface area contributed by atoms with Crippen LogP contribution in [-0.2, 0) is 0 Å². The SMILES string of the molecule is CCCCOc1ccc(C(=S)NCCN2CCCC2)cc1. The highest BCUT2D eigenvalue weighted by Gasteiger charge is 2.10. The van der Waals surface area contributed by atoms with Gasteiger partial charge in [-0.15, -0.1) is 0 Å². The van der Waals surface area contributed by atoms with Crippen LogP contribution < -0.4 is 10.1 Å². The number of nitrogens with one attached hydrogen (secondary N) is 1. The first-order valence-corrected chi connectivity index (χ1v) is 8.44. The average molecular weight is 306 g/mol. The summed E-state index contributed by atoms with van der Waals surface area (Å²) in [6.45, 7) is 7.43. The molecule has 1 aromatic carbocycles. The van der Waals surface area contributed by atoms with Crippen molar-refractivity contribution in [3.05, 3.63) is 29.8 Å². The number of ether oxygens (including phenoxy) is 1. The highest BCUT2D eigenvalue weighted by molar-refractivity contribution is 7.80. The zero-order valence-corrected chi connectivity index (χ0v) is 13.8. The number of rotatable bonds is 8. The lowest BCUT2D eigenvalue weighted by molar-refractivity contribution is 0.309. The van der Waals surface area contributed by atoms with E-state index in [-0.39, 0.29) is 0 Å². The van der Waals surface area contributed by atoms with E-state index in [1.165, 1.54) is 25.9 Å². The molecule has 0 atom stereocenters. The molecule has 21 heavy (non-hydrogen) atoms. The van der Waals surface area contributed by atoms with Gasteiger partial charge in [-0.3, -0.25) is 0 Å². The number of thiocarbonyl (C=S) groups is 1. The highest BCUT2D eigenvalue weighted by atomic mass is 32.1. The van der Waals surface area contributed by atoms with Crippen LogP contribution in [0.4, 0.5) is 0 Å². The first-order valence-electron chi connectivity index (χ1n) is 8.03. The minimum atomic E-state index is 0.786. The quantitative estimate of drug-likeness (QED) is 0.589. The number of unbranched alkanes of at least 4 members (excludes halogenated alkanes) is 1. The smallest absolute Gasteiger partial charge is 0.119 e. The highest BCUT2D eigenvalue weighted by Crippen LogP contribution is 2.13. The van der Waals surface area contributed by atoms with Crippen molar-refractivity contribution in [2.24, 2.45) is 0 Å². The van der Waals surface area contributed by atoms with Gasteiger partial charge in [-0.2, -0.15) is 0 Å². The van der Waals surface area contributed by atoms with Gasteiger partial charge in [0.25, 0.3) is 0 Å². The third-order valence-electron chi connectivity index (χ3n) is 3.80. The maximum atomic E-state index is 5.66. The van der Waals surface area contributed by atoms with Crippen molar-refractivity contribution in [1.82, 2.24) is 10.2 Å². The summed E-state index contributed by atoms with van der Waals surface area (Å²) in [6.07, 6.45) is 4.93. The number of benzene rings is 1.